The third-order valence-electron chi connectivity index (χ3n) is 27.9. The van der Waals surface area contributed by atoms with E-state index in [4.69, 9.17) is 93.9 Å². The van der Waals surface area contributed by atoms with Crippen molar-refractivity contribution in [3.05, 3.63) is 309 Å². The van der Waals surface area contributed by atoms with Crippen LogP contribution in [0.3, 0.4) is 0 Å². The number of amides is 1. The summed E-state index contributed by atoms with van der Waals surface area (Å²) in [7, 11) is -3.99. The number of rotatable bonds is 29. The van der Waals surface area contributed by atoms with Crippen molar-refractivity contribution in [3.8, 4) is 23.0 Å². The number of piperazine rings is 2. The molecule has 5 aliphatic carbocycles. The molecule has 0 bridgehead atoms. The first-order valence-corrected chi connectivity index (χ1v) is 54.8. The van der Waals surface area contributed by atoms with E-state index in [-0.39, 0.29) is 24.1 Å². The van der Waals surface area contributed by atoms with Gasteiger partial charge in [0.2, 0.25) is 39.8 Å². The number of anilines is 10. The number of nitro benzene ring substituents is 1. The number of fused-ring (bicyclic) bond motifs is 5. The van der Waals surface area contributed by atoms with Crippen LogP contribution in [0.4, 0.5) is 69.3 Å². The monoisotopic (exact) mass is 2090 g/mol. The molecule has 7 heterocycles. The molecule has 8 N–H and O–H groups in total. The number of nitrogens with one attached hydrogen (secondary N) is 8. The number of nitrogens with zero attached hydrogens (tertiary/aromatic N) is 15. The maximum absolute atomic E-state index is 13.1. The van der Waals surface area contributed by atoms with Crippen molar-refractivity contribution in [3.63, 3.8) is 0 Å². The largest absolute Gasteiger partial charge is 0.457 e. The minimum atomic E-state index is -3.99. The summed E-state index contributed by atoms with van der Waals surface area (Å²) < 4.78 is 44.5. The summed E-state index contributed by atoms with van der Waals surface area (Å²) in [6.07, 6.45) is 24.3. The Balaban J connectivity index is 0.000000118. The van der Waals surface area contributed by atoms with Gasteiger partial charge in [-0.05, 0) is 233 Å². The van der Waals surface area contributed by atoms with Crippen molar-refractivity contribution in [2.24, 2.45) is 0 Å². The van der Waals surface area contributed by atoms with E-state index in [1.165, 1.54) is 144 Å². The van der Waals surface area contributed by atoms with Gasteiger partial charge in [-0.3, -0.25) is 10.1 Å². The lowest BCUT2D eigenvalue weighted by molar-refractivity contribution is -0.387. The number of ether oxygens (including phenoxy) is 3. The zero-order valence-corrected chi connectivity index (χ0v) is 87.0. The highest BCUT2D eigenvalue weighted by Gasteiger charge is 2.36. The van der Waals surface area contributed by atoms with Crippen LogP contribution in [-0.2, 0) is 34.4 Å². The number of carbonyl (C=O) groups is 1. The molecule has 2 saturated heterocycles. The molecule has 774 valence electrons. The van der Waals surface area contributed by atoms with Crippen LogP contribution in [0.1, 0.15) is 152 Å². The molecule has 1 amide bonds. The van der Waals surface area contributed by atoms with E-state index in [0.717, 1.165) is 142 Å². The summed E-state index contributed by atoms with van der Waals surface area (Å²) in [5.41, 5.74) is 7.40. The van der Waals surface area contributed by atoms with Gasteiger partial charge in [-0.1, -0.05) is 214 Å². The van der Waals surface area contributed by atoms with Crippen LogP contribution in [0.25, 0.3) is 54.5 Å². The molecule has 35 heteroatoms. The van der Waals surface area contributed by atoms with Crippen molar-refractivity contribution in [2.75, 3.05) is 111 Å². The van der Waals surface area contributed by atoms with E-state index in [1.54, 1.807) is 11.0 Å². The van der Waals surface area contributed by atoms with Crippen molar-refractivity contribution in [1.82, 2.24) is 59.0 Å². The number of carbonyl (C=O) groups excluding carboxylic acids is 1. The molecule has 5 saturated carbocycles. The van der Waals surface area contributed by atoms with Crippen molar-refractivity contribution >= 4 is 170 Å². The summed E-state index contributed by atoms with van der Waals surface area (Å²) in [6.45, 7) is 7.86. The summed E-state index contributed by atoms with van der Waals surface area (Å²) >= 11 is 18.1. The van der Waals surface area contributed by atoms with Crippen LogP contribution in [0.15, 0.2) is 272 Å². The first-order chi connectivity index (χ1) is 73.4. The van der Waals surface area contributed by atoms with Gasteiger partial charge in [0.05, 0.1) is 39.1 Å². The number of para-hydroxylation sites is 7. The Morgan fingerprint density at radius 1 is 0.347 bits per heavy atom. The number of hydrogen-bond acceptors (Lipinski definition) is 28. The van der Waals surface area contributed by atoms with E-state index in [0.29, 0.717) is 135 Å². The molecule has 2 aliphatic heterocycles. The normalized spacial score (nSPS) is 15.7. The van der Waals surface area contributed by atoms with Crippen LogP contribution < -0.4 is 61.8 Å². The van der Waals surface area contributed by atoms with Crippen molar-refractivity contribution in [2.45, 2.75) is 190 Å². The second-order valence-corrected chi connectivity index (χ2v) is 41.8. The van der Waals surface area contributed by atoms with Gasteiger partial charge in [0.1, 0.15) is 52.1 Å². The predicted molar refractivity (Wildman–Crippen MR) is 601 cm³/mol. The van der Waals surface area contributed by atoms with Crippen LogP contribution in [-0.4, -0.2) is 168 Å². The standard InChI is InChI=1S/C26H25ClN4O.C26H26N4O.C23H26N6O4S.C20H20Cl2N4.C20H27N5O2/c27-19-12-14-21(15-13-19)32-22-9-5-6-18(16-22)17-28-26-30-24-11-4-3-10-23(24)25(31-26)29-20-7-1-2-8-20;1-2-10-21(11-3-1)31-22-16-14-19(15-17-22)18-27-26-29-24-13-7-6-12-23(24)25(30-26)28-20-8-4-5-9-20;30-29(31)20-11-5-6-12-21(20)34(32,33)28-15-13-27(14-16-28)23-25-19-10-4-3-9-18(19)22(26-23)24-17-7-1-2-8-17;21-14-9-13(10-15(22)11-14)12-23-20-25-18-8-4-3-7-17(18)19(26-20)24-16-5-1-2-6-16;1-2-27-20(26)25-13-11-24(12-14-25)19-22-17-10-6-5-9-16(17)18(23-19)21-15-7-3-4-8-15/h3-6,9-16,20H,1-2,7-8,17H2,(H2,28,29,30,31);1-3,6-7,10-17,20H,4-5,8-9,18H2,(H2,27,28,29,30);3-6,9-12,17H,1-2,7-8,13-16H2,(H,24,25,26);3-4,7-11,16H,1-2,5-6,12H2,(H2,23,24,25,26);5-6,9-10,15H,2-4,7-8,11-14H2,1H3,(H,21,22,23). The van der Waals surface area contributed by atoms with Crippen LogP contribution in [0, 0.1) is 10.1 Å². The zero-order valence-electron chi connectivity index (χ0n) is 83.9. The zero-order chi connectivity index (χ0) is 103. The number of aromatic nitrogens is 10. The highest BCUT2D eigenvalue weighted by atomic mass is 35.5. The smallest absolute Gasteiger partial charge is 0.409 e. The first-order valence-electron chi connectivity index (χ1n) is 52.2. The van der Waals surface area contributed by atoms with Gasteiger partial charge in [0.25, 0.3) is 5.69 Å². The van der Waals surface area contributed by atoms with E-state index >= 15 is 0 Å². The number of sulfonamides is 1. The molecular formula is C115H124Cl3N23O8S. The Labute approximate surface area is 888 Å². The first kappa shape index (κ1) is 104. The average molecular weight is 2090 g/mol. The SMILES string of the molecule is CCOC(=O)N1CCN(c2nc(NC3CCCC3)c3ccccc3n2)CC1.Clc1cc(Cl)cc(CNc2nc(NC3CCCC3)c3ccccc3n2)c1.Clc1ccc(Oc2cccc(CNc3nc(NC4CCCC4)c4ccccc4n3)c2)cc1.O=[N+]([O-])c1ccccc1S(=O)(=O)N1CCN(c2nc(NC3CCCC3)c3ccccc3n2)CC1.c1ccc(Oc2ccc(CNc3nc(NC4CCCC4)c4ccccc4n3)cc2)cc1. The van der Waals surface area contributed by atoms with Gasteiger partial charge in [0.15, 0.2) is 4.90 Å². The number of hydrogen-bond donors (Lipinski definition) is 8. The predicted octanol–water partition coefficient (Wildman–Crippen LogP) is 26.0. The van der Waals surface area contributed by atoms with E-state index in [2.05, 4.69) is 94.9 Å². The lowest BCUT2D eigenvalue weighted by Crippen LogP contribution is -2.49. The third-order valence-corrected chi connectivity index (χ3v) is 30.5. The summed E-state index contributed by atoms with van der Waals surface area (Å²) in [6, 6.07) is 87.0. The van der Waals surface area contributed by atoms with Gasteiger partial charge in [0, 0.05) is 150 Å². The highest BCUT2D eigenvalue weighted by Crippen LogP contribution is 2.38. The van der Waals surface area contributed by atoms with Gasteiger partial charge < -0.3 is 71.4 Å². The average Bonchev–Trinajstić information content (AvgIpc) is 0.900. The van der Waals surface area contributed by atoms with Crippen molar-refractivity contribution < 1.29 is 32.3 Å². The molecule has 0 atom stereocenters. The highest BCUT2D eigenvalue weighted by molar-refractivity contribution is 7.89. The fourth-order valence-corrected chi connectivity index (χ4v) is 22.3. The molecule has 5 aromatic heterocycles. The molecule has 0 unspecified atom stereocenters. The van der Waals surface area contributed by atoms with Crippen LogP contribution >= 0.6 is 34.8 Å². The quantitative estimate of drug-likeness (QED) is 0.0159. The Kier molecular flexibility index (Phi) is 34.9. The molecule has 7 fully saturated rings. The number of benzene rings is 11. The Morgan fingerprint density at radius 2 is 0.687 bits per heavy atom. The molecular weight excluding hydrogens is 1970 g/mol. The number of nitro groups is 1. The molecule has 31 nitrogen and oxygen atoms in total. The summed E-state index contributed by atoms with van der Waals surface area (Å²) in [4.78, 5) is 75.8. The topological polar surface area (TPSA) is 360 Å². The van der Waals surface area contributed by atoms with E-state index in [9.17, 15) is 23.3 Å². The molecule has 11 aromatic carbocycles. The maximum Gasteiger partial charge on any atom is 0.409 e. The van der Waals surface area contributed by atoms with E-state index < -0.39 is 20.6 Å². The van der Waals surface area contributed by atoms with Crippen LogP contribution in [0.5, 0.6) is 23.0 Å². The molecule has 150 heavy (non-hydrogen) atoms. The summed E-state index contributed by atoms with van der Waals surface area (Å²) in [5.74, 6) is 10.8. The lowest BCUT2D eigenvalue weighted by atomic mass is 10.2. The fraction of sp³-hybridized carbons (Fsp3) is 0.330. The van der Waals surface area contributed by atoms with Crippen LogP contribution in [0.2, 0.25) is 15.1 Å². The molecule has 0 spiro atoms. The summed E-state index contributed by atoms with van der Waals surface area (Å²) in [5, 5.41) is 46.7. The minimum absolute atomic E-state index is 0.190. The second-order valence-electron chi connectivity index (χ2n) is 38.5. The molecule has 7 aliphatic rings. The lowest BCUT2D eigenvalue weighted by Gasteiger charge is -2.34. The maximum atomic E-state index is 13.1. The third kappa shape index (κ3) is 27.6. The Hall–Kier alpha value is -14.8. The molecule has 23 rings (SSSR count). The fourth-order valence-electron chi connectivity index (χ4n) is 20.1. The minimum Gasteiger partial charge on any atom is -0.457 e. The number of halogens is 3. The van der Waals surface area contributed by atoms with Gasteiger partial charge in [-0.2, -0.15) is 29.2 Å². The Bertz CT molecular complexity index is 7380. The Morgan fingerprint density at radius 3 is 1.10 bits per heavy atom. The van der Waals surface area contributed by atoms with Gasteiger partial charge in [-0.15, -0.1) is 0 Å². The van der Waals surface area contributed by atoms with Gasteiger partial charge >= 0.3 is 6.09 Å². The molecule has 16 aromatic rings. The van der Waals surface area contributed by atoms with Crippen molar-refractivity contribution in [1.29, 1.82) is 0 Å². The van der Waals surface area contributed by atoms with E-state index in [1.807, 2.05) is 206 Å². The molecule has 0 radical (unpaired) electrons. The van der Waals surface area contributed by atoms with Gasteiger partial charge in [-0.25, -0.2) is 38.1 Å². The second kappa shape index (κ2) is 50.5.